The van der Waals surface area contributed by atoms with Crippen molar-refractivity contribution in [3.8, 4) is 39.5 Å². The molecule has 0 fully saturated rings. The van der Waals surface area contributed by atoms with Crippen molar-refractivity contribution in [1.82, 2.24) is 29.5 Å². The third-order valence-corrected chi connectivity index (χ3v) is 16.5. The van der Waals surface area contributed by atoms with Crippen molar-refractivity contribution in [1.29, 1.82) is 0 Å². The SMILES string of the molecule is Cc1c[c-]c(-c2cc(CC(C)C)[c]([Ge]([CH3])([CH3])[CH3])cn2)c(C)n1.Cc1ccc(C)c2c1oc1n[c-]c(-c3nc4cnc(C(C)C)cc4n3-c3ccc(-c4ccccc4)cc3C(C)(C)C)cc12.[Ir]. The second kappa shape index (κ2) is 19.1. The van der Waals surface area contributed by atoms with Gasteiger partial charge in [-0.15, -0.1) is 6.07 Å². The molecule has 6 aromatic heterocycles. The minimum Gasteiger partial charge on any atom is -0.482 e. The van der Waals surface area contributed by atoms with Crippen LogP contribution >= 0.6 is 0 Å². The molecule has 9 heteroatoms. The standard InChI is InChI=1S/C38H35N4O.C19H27GeN2.Ir/c1-22(2)30-19-33-31(21-39-30)41-36(27-17-28-34-23(3)13-14-24(4)35(34)43-37(28)40-20-27)42(33)32-16-15-26(18-29(32)38(5,6)7)25-11-9-8-10-12-25;1-13(2)10-16-11-19(21-12-18(16)20(5,6)7)17-9-8-14(3)22-15(17)4;/h8-19,21-22H,1-7H3;8,11-13H,10H2,1-7H3;/q2*-1;. The van der Waals surface area contributed by atoms with Crippen LogP contribution in [0.25, 0.3) is 72.6 Å². The first-order valence-electron chi connectivity index (χ1n) is 22.9. The van der Waals surface area contributed by atoms with Crippen LogP contribution in [0, 0.1) is 45.9 Å². The zero-order valence-electron chi connectivity index (χ0n) is 41.0. The summed E-state index contributed by atoms with van der Waals surface area (Å²) in [7, 11) is 0. The van der Waals surface area contributed by atoms with Gasteiger partial charge in [0.2, 0.25) is 0 Å². The second-order valence-electron chi connectivity index (χ2n) is 20.5. The van der Waals surface area contributed by atoms with Gasteiger partial charge in [-0.05, 0) is 82.8 Å². The van der Waals surface area contributed by atoms with Crippen LogP contribution in [-0.4, -0.2) is 42.8 Å². The van der Waals surface area contributed by atoms with Gasteiger partial charge in [-0.1, -0.05) is 88.7 Å². The number of hydrogen-bond acceptors (Lipinski definition) is 6. The first-order chi connectivity index (χ1) is 30.8. The molecule has 0 unspecified atom stereocenters. The van der Waals surface area contributed by atoms with Crippen LogP contribution in [0.5, 0.6) is 0 Å². The summed E-state index contributed by atoms with van der Waals surface area (Å²) in [5, 5.41) is 2.06. The summed E-state index contributed by atoms with van der Waals surface area (Å²) in [6, 6.07) is 33.4. The van der Waals surface area contributed by atoms with E-state index < -0.39 is 13.3 Å². The first-order valence-corrected chi connectivity index (χ1v) is 30.3. The Labute approximate surface area is 407 Å². The van der Waals surface area contributed by atoms with Crippen molar-refractivity contribution in [3.63, 3.8) is 0 Å². The monoisotopic (exact) mass is 1110 g/mol. The number of benzene rings is 3. The zero-order valence-corrected chi connectivity index (χ0v) is 45.5. The smallest absolute Gasteiger partial charge is 0.141 e. The van der Waals surface area contributed by atoms with Crippen molar-refractivity contribution in [2.24, 2.45) is 5.92 Å². The van der Waals surface area contributed by atoms with Gasteiger partial charge in [0.25, 0.3) is 0 Å². The molecule has 9 rings (SSSR count). The molecule has 0 amide bonds. The number of hydrogen-bond donors (Lipinski definition) is 0. The first kappa shape index (κ1) is 48.6. The van der Waals surface area contributed by atoms with Gasteiger partial charge in [0.15, 0.2) is 0 Å². The molecule has 1 radical (unpaired) electrons. The van der Waals surface area contributed by atoms with E-state index in [9.17, 15) is 0 Å². The molecule has 0 spiro atoms. The van der Waals surface area contributed by atoms with E-state index in [-0.39, 0.29) is 31.4 Å². The van der Waals surface area contributed by atoms with Gasteiger partial charge in [-0.3, -0.25) is 9.97 Å². The number of pyridine rings is 4. The Morgan fingerprint density at radius 2 is 1.52 bits per heavy atom. The van der Waals surface area contributed by atoms with Crippen LogP contribution < -0.4 is 4.40 Å². The largest absolute Gasteiger partial charge is 0.482 e. The third kappa shape index (κ3) is 9.88. The Hall–Kier alpha value is -5.28. The van der Waals surface area contributed by atoms with E-state index in [0.29, 0.717) is 11.6 Å². The van der Waals surface area contributed by atoms with E-state index in [0.717, 1.165) is 90.4 Å². The van der Waals surface area contributed by atoms with Gasteiger partial charge in [0, 0.05) is 36.9 Å². The molecule has 0 aliphatic carbocycles. The summed E-state index contributed by atoms with van der Waals surface area (Å²) < 4.78 is 10.0. The minimum absolute atomic E-state index is 0. The maximum atomic E-state index is 6.21. The molecule has 0 aliphatic heterocycles. The van der Waals surface area contributed by atoms with E-state index in [1.807, 2.05) is 26.1 Å². The minimum atomic E-state index is -1.90. The number of furan rings is 1. The molecule has 0 bridgehead atoms. The van der Waals surface area contributed by atoms with Gasteiger partial charge in [0.1, 0.15) is 11.3 Å². The molecule has 0 aliphatic rings. The molecule has 0 atom stereocenters. The Balaban J connectivity index is 0.000000239. The average molecular weight is 1110 g/mol. The molecule has 7 nitrogen and oxygen atoms in total. The quantitative estimate of drug-likeness (QED) is 0.111. The Kier molecular flexibility index (Phi) is 14.1. The van der Waals surface area contributed by atoms with Crippen LogP contribution in [0.15, 0.2) is 102 Å². The van der Waals surface area contributed by atoms with Gasteiger partial charge in [-0.25, -0.2) is 0 Å². The zero-order chi connectivity index (χ0) is 46.5. The second-order valence-corrected chi connectivity index (χ2v) is 31.0. The Bertz CT molecular complexity index is 3210. The van der Waals surface area contributed by atoms with E-state index >= 15 is 0 Å². The molecule has 66 heavy (non-hydrogen) atoms. The van der Waals surface area contributed by atoms with Gasteiger partial charge in [0.05, 0.1) is 23.1 Å². The molecular formula is C57H62GeIrN6O-2. The number of nitrogens with zero attached hydrogens (tertiary/aromatic N) is 6. The normalized spacial score (nSPS) is 12.0. The fourth-order valence-electron chi connectivity index (χ4n) is 8.82. The van der Waals surface area contributed by atoms with Crippen LogP contribution in [0.4, 0.5) is 0 Å². The average Bonchev–Trinajstić information content (AvgIpc) is 3.84. The van der Waals surface area contributed by atoms with Crippen LogP contribution in [0.2, 0.25) is 17.3 Å². The van der Waals surface area contributed by atoms with Crippen molar-refractivity contribution < 1.29 is 24.5 Å². The summed E-state index contributed by atoms with van der Waals surface area (Å²) in [4.78, 5) is 23.9. The summed E-state index contributed by atoms with van der Waals surface area (Å²) in [6.07, 6.45) is 8.42. The fourth-order valence-corrected chi connectivity index (χ4v) is 12.2. The Morgan fingerprint density at radius 3 is 2.18 bits per heavy atom. The fraction of sp³-hybridized carbons (Fsp3) is 0.316. The summed E-state index contributed by atoms with van der Waals surface area (Å²) in [6.45, 7) is 23.9. The number of imidazole rings is 1. The summed E-state index contributed by atoms with van der Waals surface area (Å²) in [5.74, 6) is 9.03. The number of aryl methyl sites for hydroxylation is 4. The number of aromatic nitrogens is 6. The third-order valence-electron chi connectivity index (χ3n) is 12.2. The number of rotatable bonds is 8. The van der Waals surface area contributed by atoms with Crippen LogP contribution in [0.1, 0.15) is 93.7 Å². The molecule has 341 valence electrons. The van der Waals surface area contributed by atoms with Crippen molar-refractivity contribution >= 4 is 50.8 Å². The number of fused-ring (bicyclic) bond motifs is 4. The van der Waals surface area contributed by atoms with Crippen molar-refractivity contribution in [2.45, 2.75) is 111 Å². The summed E-state index contributed by atoms with van der Waals surface area (Å²) in [5.41, 5.74) is 17.5. The molecule has 3 aromatic carbocycles. The van der Waals surface area contributed by atoms with Crippen LogP contribution in [-0.2, 0) is 31.9 Å². The maximum absolute atomic E-state index is 6.21. The molecule has 0 N–H and O–H groups in total. The van der Waals surface area contributed by atoms with Crippen molar-refractivity contribution in [2.75, 3.05) is 0 Å². The predicted molar refractivity (Wildman–Crippen MR) is 273 cm³/mol. The topological polar surface area (TPSA) is 82.5 Å². The van der Waals surface area contributed by atoms with Gasteiger partial charge < -0.3 is 14.0 Å². The Morgan fingerprint density at radius 1 is 0.788 bits per heavy atom. The molecular weight excluding hydrogens is 1050 g/mol. The van der Waals surface area contributed by atoms with E-state index in [4.69, 9.17) is 24.4 Å². The summed E-state index contributed by atoms with van der Waals surface area (Å²) >= 11 is -1.90. The van der Waals surface area contributed by atoms with Crippen LogP contribution in [0.3, 0.4) is 0 Å². The molecule has 6 heterocycles. The molecule has 9 aromatic rings. The molecule has 0 saturated carbocycles. The predicted octanol–water partition coefficient (Wildman–Crippen LogP) is 14.2. The maximum Gasteiger partial charge on any atom is 0.141 e. The van der Waals surface area contributed by atoms with E-state index in [2.05, 4.69) is 186 Å². The van der Waals surface area contributed by atoms with E-state index in [1.54, 1.807) is 0 Å². The van der Waals surface area contributed by atoms with Crippen molar-refractivity contribution in [3.05, 3.63) is 149 Å². The van der Waals surface area contributed by atoms with E-state index in [1.165, 1.54) is 26.6 Å². The van der Waals surface area contributed by atoms with Gasteiger partial charge in [-0.2, -0.15) is 0 Å². The van der Waals surface area contributed by atoms with Gasteiger partial charge >= 0.3 is 138 Å². The molecule has 0 saturated heterocycles.